The van der Waals surface area contributed by atoms with Crippen LogP contribution in [-0.4, -0.2) is 54.4 Å². The van der Waals surface area contributed by atoms with Gasteiger partial charge in [0.15, 0.2) is 0 Å². The molecule has 0 atom stereocenters. The molecule has 3 rings (SSSR count). The Morgan fingerprint density at radius 1 is 0.963 bits per heavy atom. The van der Waals surface area contributed by atoms with E-state index in [0.29, 0.717) is 31.2 Å². The van der Waals surface area contributed by atoms with E-state index in [2.05, 4.69) is 27.3 Å². The number of anilines is 1. The molecular formula is C21H26N4O2. The topological polar surface area (TPSA) is 65.5 Å². The van der Waals surface area contributed by atoms with Gasteiger partial charge in [-0.25, -0.2) is 4.98 Å². The summed E-state index contributed by atoms with van der Waals surface area (Å²) in [5.41, 5.74) is 1.77. The molecule has 1 aliphatic rings. The molecule has 1 N–H and O–H groups in total. The number of amides is 2. The highest BCUT2D eigenvalue weighted by Gasteiger charge is 2.23. The highest BCUT2D eigenvalue weighted by atomic mass is 16.2. The van der Waals surface area contributed by atoms with E-state index >= 15 is 0 Å². The predicted molar refractivity (Wildman–Crippen MR) is 106 cm³/mol. The van der Waals surface area contributed by atoms with E-state index in [-0.39, 0.29) is 17.5 Å². The Morgan fingerprint density at radius 2 is 1.63 bits per heavy atom. The van der Waals surface area contributed by atoms with Gasteiger partial charge >= 0.3 is 0 Å². The molecule has 0 radical (unpaired) electrons. The van der Waals surface area contributed by atoms with E-state index < -0.39 is 0 Å². The summed E-state index contributed by atoms with van der Waals surface area (Å²) in [6.07, 6.45) is 0. The van der Waals surface area contributed by atoms with E-state index in [1.54, 1.807) is 23.1 Å². The van der Waals surface area contributed by atoms with Crippen LogP contribution in [0, 0.1) is 5.92 Å². The van der Waals surface area contributed by atoms with Crippen molar-refractivity contribution in [1.29, 1.82) is 0 Å². The van der Waals surface area contributed by atoms with Crippen LogP contribution in [0.2, 0.25) is 0 Å². The Morgan fingerprint density at radius 3 is 2.30 bits per heavy atom. The van der Waals surface area contributed by atoms with Gasteiger partial charge in [-0.1, -0.05) is 38.1 Å². The smallest absolute Gasteiger partial charge is 0.272 e. The van der Waals surface area contributed by atoms with Crippen molar-refractivity contribution in [1.82, 2.24) is 15.2 Å². The molecule has 1 fully saturated rings. The number of para-hydroxylation sites is 1. The maximum Gasteiger partial charge on any atom is 0.272 e. The number of hydrogen-bond donors (Lipinski definition) is 1. The number of carbonyl (C=O) groups is 2. The van der Waals surface area contributed by atoms with E-state index in [1.165, 1.54) is 5.69 Å². The highest BCUT2D eigenvalue weighted by molar-refractivity contribution is 5.96. The molecule has 1 aliphatic heterocycles. The Kier molecular flexibility index (Phi) is 6.06. The first-order chi connectivity index (χ1) is 13.0. The molecule has 0 aliphatic carbocycles. The summed E-state index contributed by atoms with van der Waals surface area (Å²) in [5.74, 6) is -0.00635. The van der Waals surface area contributed by atoms with Crippen LogP contribution in [0.25, 0.3) is 0 Å². The fraction of sp³-hybridized carbons (Fsp3) is 0.381. The summed E-state index contributed by atoms with van der Waals surface area (Å²) in [6, 6.07) is 15.2. The van der Waals surface area contributed by atoms with Crippen LogP contribution in [0.1, 0.15) is 34.8 Å². The minimum atomic E-state index is -0.243. The number of piperazine rings is 1. The highest BCUT2D eigenvalue weighted by Crippen LogP contribution is 2.16. The van der Waals surface area contributed by atoms with Crippen LogP contribution >= 0.6 is 0 Å². The van der Waals surface area contributed by atoms with E-state index in [1.807, 2.05) is 32.0 Å². The van der Waals surface area contributed by atoms with Crippen molar-refractivity contribution in [3.63, 3.8) is 0 Å². The minimum absolute atomic E-state index is 0.124. The third-order valence-electron chi connectivity index (χ3n) is 4.56. The molecule has 1 aromatic carbocycles. The van der Waals surface area contributed by atoms with Gasteiger partial charge in [0.05, 0.1) is 0 Å². The molecular weight excluding hydrogens is 340 g/mol. The summed E-state index contributed by atoms with van der Waals surface area (Å²) in [5, 5.41) is 2.84. The van der Waals surface area contributed by atoms with E-state index in [4.69, 9.17) is 0 Å². The Labute approximate surface area is 160 Å². The van der Waals surface area contributed by atoms with Crippen molar-refractivity contribution in [3.8, 4) is 0 Å². The quantitative estimate of drug-likeness (QED) is 0.883. The monoisotopic (exact) mass is 366 g/mol. The third kappa shape index (κ3) is 4.84. The van der Waals surface area contributed by atoms with Gasteiger partial charge in [0, 0.05) is 38.4 Å². The lowest BCUT2D eigenvalue weighted by Crippen LogP contribution is -2.49. The Hall–Kier alpha value is -2.89. The van der Waals surface area contributed by atoms with Crippen LogP contribution in [0.3, 0.4) is 0 Å². The molecule has 0 bridgehead atoms. The number of hydrogen-bond acceptors (Lipinski definition) is 4. The van der Waals surface area contributed by atoms with Crippen LogP contribution in [-0.2, 0) is 0 Å². The second kappa shape index (κ2) is 8.66. The van der Waals surface area contributed by atoms with Gasteiger partial charge in [0.1, 0.15) is 11.4 Å². The van der Waals surface area contributed by atoms with Crippen LogP contribution in [0.5, 0.6) is 0 Å². The zero-order chi connectivity index (χ0) is 19.2. The van der Waals surface area contributed by atoms with Crippen LogP contribution < -0.4 is 10.2 Å². The standard InChI is InChI=1S/C21H26N4O2/c1-16(2)15-22-20(26)18-9-6-10-19(23-18)21(27)25-13-11-24(12-14-25)17-7-4-3-5-8-17/h3-10,16H,11-15H2,1-2H3,(H,22,26). The van der Waals surface area contributed by atoms with Crippen LogP contribution in [0.15, 0.2) is 48.5 Å². The molecule has 6 heteroatoms. The first kappa shape index (κ1) is 18.9. The van der Waals surface area contributed by atoms with Crippen molar-refractivity contribution in [2.45, 2.75) is 13.8 Å². The molecule has 142 valence electrons. The van der Waals surface area contributed by atoms with Crippen molar-refractivity contribution < 1.29 is 9.59 Å². The average Bonchev–Trinajstić information content (AvgIpc) is 2.72. The van der Waals surface area contributed by atoms with Gasteiger partial charge in [0.25, 0.3) is 11.8 Å². The number of rotatable bonds is 5. The van der Waals surface area contributed by atoms with Gasteiger partial charge in [-0.15, -0.1) is 0 Å². The summed E-state index contributed by atoms with van der Waals surface area (Å²) in [6.45, 7) is 7.48. The largest absolute Gasteiger partial charge is 0.368 e. The molecule has 2 amide bonds. The molecule has 2 aromatic rings. The Balaban J connectivity index is 1.61. The van der Waals surface area contributed by atoms with Gasteiger partial charge in [-0.2, -0.15) is 0 Å². The van der Waals surface area contributed by atoms with Crippen molar-refractivity contribution >= 4 is 17.5 Å². The summed E-state index contributed by atoms with van der Waals surface area (Å²) in [7, 11) is 0. The number of pyridine rings is 1. The predicted octanol–water partition coefficient (Wildman–Crippen LogP) is 2.43. The molecule has 0 spiro atoms. The molecule has 1 aromatic heterocycles. The molecule has 1 saturated heterocycles. The van der Waals surface area contributed by atoms with Gasteiger partial charge in [-0.05, 0) is 30.2 Å². The summed E-state index contributed by atoms with van der Waals surface area (Å²) in [4.78, 5) is 33.4. The SMILES string of the molecule is CC(C)CNC(=O)c1cccc(C(=O)N2CCN(c3ccccc3)CC2)n1. The Bertz CT molecular complexity index is 784. The molecule has 0 saturated carbocycles. The number of nitrogens with one attached hydrogen (secondary N) is 1. The van der Waals surface area contributed by atoms with Crippen molar-refractivity contribution in [2.24, 2.45) is 5.92 Å². The zero-order valence-electron chi connectivity index (χ0n) is 15.9. The molecule has 27 heavy (non-hydrogen) atoms. The fourth-order valence-corrected chi connectivity index (χ4v) is 3.04. The van der Waals surface area contributed by atoms with Crippen LogP contribution in [0.4, 0.5) is 5.69 Å². The van der Waals surface area contributed by atoms with Crippen molar-refractivity contribution in [2.75, 3.05) is 37.6 Å². The average molecular weight is 366 g/mol. The lowest BCUT2D eigenvalue weighted by molar-refractivity contribution is 0.0740. The normalized spacial score (nSPS) is 14.3. The number of benzene rings is 1. The van der Waals surface area contributed by atoms with E-state index in [9.17, 15) is 9.59 Å². The minimum Gasteiger partial charge on any atom is -0.368 e. The number of nitrogens with zero attached hydrogens (tertiary/aromatic N) is 3. The maximum absolute atomic E-state index is 12.8. The fourth-order valence-electron chi connectivity index (χ4n) is 3.04. The summed E-state index contributed by atoms with van der Waals surface area (Å²) < 4.78 is 0. The second-order valence-corrected chi connectivity index (χ2v) is 7.13. The lowest BCUT2D eigenvalue weighted by atomic mass is 10.2. The van der Waals surface area contributed by atoms with Crippen molar-refractivity contribution in [3.05, 3.63) is 59.9 Å². The second-order valence-electron chi connectivity index (χ2n) is 7.13. The van der Waals surface area contributed by atoms with Gasteiger partial charge in [0.2, 0.25) is 0 Å². The third-order valence-corrected chi connectivity index (χ3v) is 4.56. The molecule has 6 nitrogen and oxygen atoms in total. The van der Waals surface area contributed by atoms with E-state index in [0.717, 1.165) is 13.1 Å². The molecule has 2 heterocycles. The first-order valence-electron chi connectivity index (χ1n) is 9.39. The van der Waals surface area contributed by atoms with Gasteiger partial charge in [-0.3, -0.25) is 9.59 Å². The van der Waals surface area contributed by atoms with Gasteiger partial charge < -0.3 is 15.1 Å². The molecule has 0 unspecified atom stereocenters. The summed E-state index contributed by atoms with van der Waals surface area (Å²) >= 11 is 0. The zero-order valence-corrected chi connectivity index (χ0v) is 15.9. The maximum atomic E-state index is 12.8. The number of aromatic nitrogens is 1. The first-order valence-corrected chi connectivity index (χ1v) is 9.39. The lowest BCUT2D eigenvalue weighted by Gasteiger charge is -2.36. The number of carbonyl (C=O) groups excluding carboxylic acids is 2.